The first-order valence-electron chi connectivity index (χ1n) is 5.21. The van der Waals surface area contributed by atoms with Crippen molar-refractivity contribution in [2.24, 2.45) is 11.7 Å². The Morgan fingerprint density at radius 1 is 1.25 bits per heavy atom. The predicted octanol–water partition coefficient (Wildman–Crippen LogP) is 1.21. The third kappa shape index (κ3) is 1.99. The first kappa shape index (κ1) is 8.52. The van der Waals surface area contributed by atoms with Crippen molar-refractivity contribution in [3.63, 3.8) is 0 Å². The molecule has 2 atom stereocenters. The average Bonchev–Trinajstić information content (AvgIpc) is 2.78. The Labute approximate surface area is 75.1 Å². The van der Waals surface area contributed by atoms with Crippen LogP contribution in [0.15, 0.2) is 0 Å². The molecule has 0 saturated heterocycles. The molecule has 0 aromatic carbocycles. The van der Waals surface area contributed by atoms with Gasteiger partial charge in [0.05, 0.1) is 0 Å². The smallest absolute Gasteiger partial charge is 0.00934 e. The van der Waals surface area contributed by atoms with E-state index >= 15 is 0 Å². The van der Waals surface area contributed by atoms with Crippen LogP contribution in [0.2, 0.25) is 0 Å². The van der Waals surface area contributed by atoms with E-state index in [0.717, 1.165) is 12.0 Å². The minimum absolute atomic E-state index is 0.502. The van der Waals surface area contributed by atoms with Gasteiger partial charge in [-0.25, -0.2) is 0 Å². The Bertz CT molecular complexity index is 154. The van der Waals surface area contributed by atoms with Gasteiger partial charge in [-0.1, -0.05) is 0 Å². The van der Waals surface area contributed by atoms with Gasteiger partial charge in [0, 0.05) is 18.6 Å². The molecule has 0 aliphatic heterocycles. The van der Waals surface area contributed by atoms with Crippen LogP contribution in [0.5, 0.6) is 0 Å². The standard InChI is InChI=1S/C10H20N2/c1-12(10-4-5-10)7-8-2-3-9(11)6-8/h8-10H,2-7,11H2,1H3. The second-order valence-corrected chi connectivity index (χ2v) is 4.61. The molecule has 0 radical (unpaired) electrons. The lowest BCUT2D eigenvalue weighted by molar-refractivity contribution is 0.268. The highest BCUT2D eigenvalue weighted by Gasteiger charge is 2.29. The van der Waals surface area contributed by atoms with Gasteiger partial charge in [0.2, 0.25) is 0 Å². The molecule has 0 spiro atoms. The second-order valence-electron chi connectivity index (χ2n) is 4.61. The maximum Gasteiger partial charge on any atom is 0.00934 e. The van der Waals surface area contributed by atoms with Crippen molar-refractivity contribution in [2.45, 2.75) is 44.2 Å². The Kier molecular flexibility index (Phi) is 2.37. The fraction of sp³-hybridized carbons (Fsp3) is 1.00. The van der Waals surface area contributed by atoms with Gasteiger partial charge in [0.15, 0.2) is 0 Å². The molecule has 2 N–H and O–H groups in total. The first-order chi connectivity index (χ1) is 5.75. The fourth-order valence-electron chi connectivity index (χ4n) is 2.35. The van der Waals surface area contributed by atoms with E-state index < -0.39 is 0 Å². The largest absolute Gasteiger partial charge is 0.328 e. The van der Waals surface area contributed by atoms with Crippen molar-refractivity contribution >= 4 is 0 Å². The topological polar surface area (TPSA) is 29.3 Å². The van der Waals surface area contributed by atoms with Crippen molar-refractivity contribution in [3.8, 4) is 0 Å². The lowest BCUT2D eigenvalue weighted by Gasteiger charge is -2.20. The fourth-order valence-corrected chi connectivity index (χ4v) is 2.35. The van der Waals surface area contributed by atoms with Crippen LogP contribution >= 0.6 is 0 Å². The summed E-state index contributed by atoms with van der Waals surface area (Å²) in [5.41, 5.74) is 5.87. The zero-order valence-corrected chi connectivity index (χ0v) is 8.00. The molecule has 2 aliphatic rings. The van der Waals surface area contributed by atoms with E-state index in [9.17, 15) is 0 Å². The zero-order valence-electron chi connectivity index (χ0n) is 8.00. The predicted molar refractivity (Wildman–Crippen MR) is 51.0 cm³/mol. The third-order valence-electron chi connectivity index (χ3n) is 3.30. The molecule has 0 aromatic rings. The van der Waals surface area contributed by atoms with Gasteiger partial charge in [-0.3, -0.25) is 0 Å². The van der Waals surface area contributed by atoms with Crippen LogP contribution in [0.3, 0.4) is 0 Å². The molecular formula is C10H20N2. The lowest BCUT2D eigenvalue weighted by atomic mass is 10.1. The Morgan fingerprint density at radius 3 is 2.50 bits per heavy atom. The molecule has 70 valence electrons. The molecule has 2 fully saturated rings. The van der Waals surface area contributed by atoms with Gasteiger partial charge in [-0.05, 0) is 45.1 Å². The summed E-state index contributed by atoms with van der Waals surface area (Å²) in [5, 5.41) is 0. The summed E-state index contributed by atoms with van der Waals surface area (Å²) in [5.74, 6) is 0.894. The van der Waals surface area contributed by atoms with Crippen molar-refractivity contribution < 1.29 is 0 Å². The maximum absolute atomic E-state index is 5.87. The highest BCUT2D eigenvalue weighted by atomic mass is 15.2. The summed E-state index contributed by atoms with van der Waals surface area (Å²) in [6.45, 7) is 1.29. The lowest BCUT2D eigenvalue weighted by Crippen LogP contribution is -2.27. The zero-order chi connectivity index (χ0) is 8.55. The molecule has 0 aromatic heterocycles. The van der Waals surface area contributed by atoms with E-state index in [1.165, 1.54) is 38.6 Å². The van der Waals surface area contributed by atoms with Crippen LogP contribution < -0.4 is 5.73 Å². The van der Waals surface area contributed by atoms with Gasteiger partial charge in [-0.15, -0.1) is 0 Å². The van der Waals surface area contributed by atoms with Gasteiger partial charge >= 0.3 is 0 Å². The van der Waals surface area contributed by atoms with E-state index in [0.29, 0.717) is 6.04 Å². The van der Waals surface area contributed by atoms with Gasteiger partial charge < -0.3 is 10.6 Å². The first-order valence-corrected chi connectivity index (χ1v) is 5.21. The summed E-state index contributed by atoms with van der Waals surface area (Å²) >= 11 is 0. The van der Waals surface area contributed by atoms with Crippen LogP contribution in [0.1, 0.15) is 32.1 Å². The second kappa shape index (κ2) is 3.35. The highest BCUT2D eigenvalue weighted by Crippen LogP contribution is 2.30. The van der Waals surface area contributed by atoms with Crippen LogP contribution in [-0.4, -0.2) is 30.6 Å². The average molecular weight is 168 g/mol. The Morgan fingerprint density at radius 2 is 2.00 bits per heavy atom. The van der Waals surface area contributed by atoms with E-state index in [1.807, 2.05) is 0 Å². The van der Waals surface area contributed by atoms with Crippen LogP contribution in [0.4, 0.5) is 0 Å². The van der Waals surface area contributed by atoms with Crippen LogP contribution in [0, 0.1) is 5.92 Å². The Hall–Kier alpha value is -0.0800. The van der Waals surface area contributed by atoms with Gasteiger partial charge in [0.1, 0.15) is 0 Å². The van der Waals surface area contributed by atoms with E-state index in [4.69, 9.17) is 5.73 Å². The molecule has 0 amide bonds. The highest BCUT2D eigenvalue weighted by molar-refractivity contribution is 4.86. The number of hydrogen-bond donors (Lipinski definition) is 1. The number of rotatable bonds is 3. The number of hydrogen-bond acceptors (Lipinski definition) is 2. The quantitative estimate of drug-likeness (QED) is 0.686. The van der Waals surface area contributed by atoms with Crippen molar-refractivity contribution in [1.82, 2.24) is 4.90 Å². The van der Waals surface area contributed by atoms with Gasteiger partial charge in [0.25, 0.3) is 0 Å². The molecular weight excluding hydrogens is 148 g/mol. The minimum Gasteiger partial charge on any atom is -0.328 e. The molecule has 2 saturated carbocycles. The third-order valence-corrected chi connectivity index (χ3v) is 3.30. The van der Waals surface area contributed by atoms with Crippen molar-refractivity contribution in [1.29, 1.82) is 0 Å². The summed E-state index contributed by atoms with van der Waals surface area (Å²) < 4.78 is 0. The Balaban J connectivity index is 1.71. The van der Waals surface area contributed by atoms with Crippen molar-refractivity contribution in [3.05, 3.63) is 0 Å². The summed E-state index contributed by atoms with van der Waals surface area (Å²) in [6, 6.07) is 1.42. The molecule has 12 heavy (non-hydrogen) atoms. The maximum atomic E-state index is 5.87. The van der Waals surface area contributed by atoms with Crippen LogP contribution in [-0.2, 0) is 0 Å². The van der Waals surface area contributed by atoms with Gasteiger partial charge in [-0.2, -0.15) is 0 Å². The van der Waals surface area contributed by atoms with Crippen molar-refractivity contribution in [2.75, 3.05) is 13.6 Å². The monoisotopic (exact) mass is 168 g/mol. The minimum atomic E-state index is 0.502. The van der Waals surface area contributed by atoms with E-state index in [1.54, 1.807) is 0 Å². The number of nitrogens with two attached hydrogens (primary N) is 1. The molecule has 0 bridgehead atoms. The SMILES string of the molecule is CN(CC1CCC(N)C1)C1CC1. The van der Waals surface area contributed by atoms with E-state index in [-0.39, 0.29) is 0 Å². The molecule has 2 heteroatoms. The summed E-state index contributed by atoms with van der Waals surface area (Å²) in [4.78, 5) is 2.53. The summed E-state index contributed by atoms with van der Waals surface area (Å²) in [6.07, 6.45) is 6.73. The number of nitrogens with zero attached hydrogens (tertiary/aromatic N) is 1. The molecule has 2 unspecified atom stereocenters. The van der Waals surface area contributed by atoms with E-state index in [2.05, 4.69) is 11.9 Å². The molecule has 0 heterocycles. The molecule has 2 rings (SSSR count). The molecule has 2 nitrogen and oxygen atoms in total. The summed E-state index contributed by atoms with van der Waals surface area (Å²) in [7, 11) is 2.27. The van der Waals surface area contributed by atoms with Crippen LogP contribution in [0.25, 0.3) is 0 Å². The molecule has 2 aliphatic carbocycles. The normalized spacial score (nSPS) is 36.2.